The molecule has 0 aliphatic rings. The fourth-order valence-electron chi connectivity index (χ4n) is 2.99. The quantitative estimate of drug-likeness (QED) is 0.113. The minimum atomic E-state index is 0.534. The Kier molecular flexibility index (Phi) is 35.2. The number of hydrogen-bond acceptors (Lipinski definition) is 10. The highest BCUT2D eigenvalue weighted by atomic mass is 16.6. The van der Waals surface area contributed by atoms with Crippen LogP contribution < -0.4 is 0 Å². The molecule has 0 aromatic rings. The Morgan fingerprint density at radius 3 is 0.811 bits per heavy atom. The molecule has 0 saturated heterocycles. The zero-order valence-electron chi connectivity index (χ0n) is 23.8. The average Bonchev–Trinajstić information content (AvgIpc) is 2.91. The van der Waals surface area contributed by atoms with Gasteiger partial charge < -0.3 is 47.4 Å². The third-order valence-electron chi connectivity index (χ3n) is 5.05. The minimum Gasteiger partial charge on any atom is -0.382 e. The van der Waals surface area contributed by atoms with Crippen LogP contribution in [0.25, 0.3) is 0 Å². The van der Waals surface area contributed by atoms with Gasteiger partial charge in [0.05, 0.1) is 119 Å². The molecule has 0 heterocycles. The van der Waals surface area contributed by atoms with E-state index in [1.807, 2.05) is 0 Å². The van der Waals surface area contributed by atoms with E-state index >= 15 is 0 Å². The molecule has 0 aromatic heterocycles. The molecule has 0 radical (unpaired) electrons. The van der Waals surface area contributed by atoms with Crippen LogP contribution in [0.15, 0.2) is 0 Å². The van der Waals surface area contributed by atoms with Crippen LogP contribution in [0.2, 0.25) is 0 Å². The molecule has 37 heavy (non-hydrogen) atoms. The van der Waals surface area contributed by atoms with Crippen LogP contribution in [0.4, 0.5) is 0 Å². The molecule has 0 N–H and O–H groups in total. The number of ether oxygens (including phenoxy) is 10. The lowest BCUT2D eigenvalue weighted by Gasteiger charge is -2.09. The first-order chi connectivity index (χ1) is 18.4. The Morgan fingerprint density at radius 1 is 0.270 bits per heavy atom. The summed E-state index contributed by atoms with van der Waals surface area (Å²) in [4.78, 5) is 0. The Morgan fingerprint density at radius 2 is 0.514 bits per heavy atom. The van der Waals surface area contributed by atoms with Crippen LogP contribution in [0.1, 0.15) is 45.4 Å². The summed E-state index contributed by atoms with van der Waals surface area (Å²) in [6, 6.07) is 0. The molecule has 0 aliphatic heterocycles. The summed E-state index contributed by atoms with van der Waals surface area (Å²) in [5.41, 5.74) is 0. The summed E-state index contributed by atoms with van der Waals surface area (Å²) < 4.78 is 54.0. The smallest absolute Gasteiger partial charge is 0.0701 e. The molecule has 0 spiro atoms. The van der Waals surface area contributed by atoms with E-state index in [9.17, 15) is 0 Å². The van der Waals surface area contributed by atoms with Crippen molar-refractivity contribution in [2.24, 2.45) is 0 Å². The van der Waals surface area contributed by atoms with Gasteiger partial charge in [-0.3, -0.25) is 0 Å². The van der Waals surface area contributed by atoms with E-state index < -0.39 is 0 Å². The number of methoxy groups -OCH3 is 1. The van der Waals surface area contributed by atoms with E-state index in [0.29, 0.717) is 119 Å². The Balaban J connectivity index is 3.00. The van der Waals surface area contributed by atoms with Gasteiger partial charge in [-0.15, -0.1) is 0 Å². The zero-order valence-corrected chi connectivity index (χ0v) is 23.8. The van der Waals surface area contributed by atoms with Gasteiger partial charge in [0.1, 0.15) is 0 Å². The van der Waals surface area contributed by atoms with Gasteiger partial charge in [-0.25, -0.2) is 0 Å². The van der Waals surface area contributed by atoms with Crippen LogP contribution in [0.5, 0.6) is 0 Å². The monoisotopic (exact) mass is 540 g/mol. The Bertz CT molecular complexity index is 356. The molecular formula is C27H56O10. The van der Waals surface area contributed by atoms with Crippen molar-refractivity contribution in [2.75, 3.05) is 133 Å². The van der Waals surface area contributed by atoms with Crippen LogP contribution in [0.3, 0.4) is 0 Å². The normalized spacial score (nSPS) is 11.5. The minimum absolute atomic E-state index is 0.534. The van der Waals surface area contributed by atoms with Crippen LogP contribution >= 0.6 is 0 Å². The van der Waals surface area contributed by atoms with Crippen molar-refractivity contribution in [3.63, 3.8) is 0 Å². The van der Waals surface area contributed by atoms with Crippen molar-refractivity contribution in [3.8, 4) is 0 Å². The molecule has 10 nitrogen and oxygen atoms in total. The highest BCUT2D eigenvalue weighted by molar-refractivity contribution is 4.44. The van der Waals surface area contributed by atoms with Crippen molar-refractivity contribution in [3.05, 3.63) is 0 Å². The van der Waals surface area contributed by atoms with Gasteiger partial charge in [0.2, 0.25) is 0 Å². The highest BCUT2D eigenvalue weighted by Gasteiger charge is 1.96. The second-order valence-electron chi connectivity index (χ2n) is 8.27. The summed E-state index contributed by atoms with van der Waals surface area (Å²) in [5.74, 6) is 0. The molecular weight excluding hydrogens is 484 g/mol. The standard InChI is InChI=1S/C27H56O10/c1-3-4-5-6-7-8-9-29-12-13-31-16-17-33-20-21-35-24-25-37-27-26-36-23-22-34-19-18-32-15-14-30-11-10-28-2/h3-27H2,1-2H3. The van der Waals surface area contributed by atoms with E-state index in [-0.39, 0.29) is 0 Å². The molecule has 0 aromatic carbocycles. The second kappa shape index (κ2) is 35.6. The van der Waals surface area contributed by atoms with Crippen molar-refractivity contribution < 1.29 is 47.4 Å². The van der Waals surface area contributed by atoms with E-state index in [1.165, 1.54) is 32.1 Å². The lowest BCUT2D eigenvalue weighted by Crippen LogP contribution is -2.15. The maximum absolute atomic E-state index is 5.57. The molecule has 0 saturated carbocycles. The maximum Gasteiger partial charge on any atom is 0.0701 e. The number of hydrogen-bond donors (Lipinski definition) is 0. The Hall–Kier alpha value is -0.400. The van der Waals surface area contributed by atoms with E-state index in [2.05, 4.69) is 6.92 Å². The molecule has 0 atom stereocenters. The van der Waals surface area contributed by atoms with E-state index in [1.54, 1.807) is 7.11 Å². The molecule has 0 amide bonds. The van der Waals surface area contributed by atoms with Crippen molar-refractivity contribution in [1.82, 2.24) is 0 Å². The molecule has 10 heteroatoms. The van der Waals surface area contributed by atoms with Gasteiger partial charge in [-0.05, 0) is 6.42 Å². The third-order valence-corrected chi connectivity index (χ3v) is 5.05. The highest BCUT2D eigenvalue weighted by Crippen LogP contribution is 2.04. The summed E-state index contributed by atoms with van der Waals surface area (Å²) in [7, 11) is 1.65. The van der Waals surface area contributed by atoms with Crippen LogP contribution in [-0.4, -0.2) is 133 Å². The fourth-order valence-corrected chi connectivity index (χ4v) is 2.99. The second-order valence-corrected chi connectivity index (χ2v) is 8.27. The predicted molar refractivity (Wildman–Crippen MR) is 143 cm³/mol. The van der Waals surface area contributed by atoms with Gasteiger partial charge in [-0.1, -0.05) is 39.0 Å². The predicted octanol–water partition coefficient (Wildman–Crippen LogP) is 3.14. The first kappa shape index (κ1) is 36.6. The van der Waals surface area contributed by atoms with Crippen molar-refractivity contribution in [1.29, 1.82) is 0 Å². The molecule has 0 rings (SSSR count). The van der Waals surface area contributed by atoms with Crippen molar-refractivity contribution in [2.45, 2.75) is 45.4 Å². The van der Waals surface area contributed by atoms with Crippen LogP contribution in [-0.2, 0) is 47.4 Å². The molecule has 224 valence electrons. The summed E-state index contributed by atoms with van der Waals surface area (Å²) in [6.45, 7) is 13.2. The molecule has 0 aliphatic carbocycles. The van der Waals surface area contributed by atoms with E-state index in [0.717, 1.165) is 13.0 Å². The van der Waals surface area contributed by atoms with Gasteiger partial charge in [0.25, 0.3) is 0 Å². The molecule has 0 unspecified atom stereocenters. The first-order valence-electron chi connectivity index (χ1n) is 14.1. The van der Waals surface area contributed by atoms with Gasteiger partial charge in [0.15, 0.2) is 0 Å². The topological polar surface area (TPSA) is 92.3 Å². The third kappa shape index (κ3) is 35.6. The largest absolute Gasteiger partial charge is 0.382 e. The summed E-state index contributed by atoms with van der Waals surface area (Å²) in [5, 5.41) is 0. The van der Waals surface area contributed by atoms with Crippen molar-refractivity contribution >= 4 is 0 Å². The maximum atomic E-state index is 5.57. The zero-order chi connectivity index (χ0) is 26.7. The average molecular weight is 541 g/mol. The first-order valence-corrected chi connectivity index (χ1v) is 14.1. The van der Waals surface area contributed by atoms with Gasteiger partial charge >= 0.3 is 0 Å². The summed E-state index contributed by atoms with van der Waals surface area (Å²) >= 11 is 0. The molecule has 0 bridgehead atoms. The fraction of sp³-hybridized carbons (Fsp3) is 1.00. The molecule has 0 fully saturated rings. The van der Waals surface area contributed by atoms with E-state index in [4.69, 9.17) is 47.4 Å². The summed E-state index contributed by atoms with van der Waals surface area (Å²) in [6.07, 6.45) is 7.71. The lowest BCUT2D eigenvalue weighted by molar-refractivity contribution is -0.0259. The number of rotatable bonds is 34. The van der Waals surface area contributed by atoms with Gasteiger partial charge in [-0.2, -0.15) is 0 Å². The van der Waals surface area contributed by atoms with Gasteiger partial charge in [0, 0.05) is 13.7 Å². The Labute approximate surface area is 225 Å². The lowest BCUT2D eigenvalue weighted by atomic mass is 10.1. The SMILES string of the molecule is CCCCCCCCOCCOCCOCCOCCOCCOCCOCCOCCOCCOC. The van der Waals surface area contributed by atoms with Crippen LogP contribution in [0, 0.1) is 0 Å². The number of unbranched alkanes of at least 4 members (excludes halogenated alkanes) is 5.